The highest BCUT2D eigenvalue weighted by Gasteiger charge is 2.28. The van der Waals surface area contributed by atoms with E-state index < -0.39 is 4.92 Å². The minimum absolute atomic E-state index is 0.0575. The summed E-state index contributed by atoms with van der Waals surface area (Å²) < 4.78 is 1.54. The summed E-state index contributed by atoms with van der Waals surface area (Å²) in [6.45, 7) is 2.05. The van der Waals surface area contributed by atoms with Gasteiger partial charge in [-0.1, -0.05) is 53.7 Å². The van der Waals surface area contributed by atoms with Gasteiger partial charge in [-0.05, 0) is 30.4 Å². The number of nitro groups is 1. The number of benzene rings is 2. The van der Waals surface area contributed by atoms with Crippen molar-refractivity contribution in [2.45, 2.75) is 36.6 Å². The van der Waals surface area contributed by atoms with Crippen molar-refractivity contribution in [1.82, 2.24) is 19.6 Å². The van der Waals surface area contributed by atoms with Crippen LogP contribution in [-0.4, -0.2) is 30.3 Å². The number of aromatic nitrogens is 4. The van der Waals surface area contributed by atoms with Gasteiger partial charge in [0, 0.05) is 30.5 Å². The average Bonchev–Trinajstić information content (AvgIpc) is 3.18. The topological polar surface area (TPSA) is 103 Å². The van der Waals surface area contributed by atoms with Crippen LogP contribution in [0.1, 0.15) is 45.1 Å². The first kappa shape index (κ1) is 20.3. The van der Waals surface area contributed by atoms with Crippen molar-refractivity contribution in [2.75, 3.05) is 0 Å². The second-order valence-corrected chi connectivity index (χ2v) is 8.84. The summed E-state index contributed by atoms with van der Waals surface area (Å²) in [6, 6.07) is 14.8. The van der Waals surface area contributed by atoms with Crippen LogP contribution in [0.3, 0.4) is 0 Å². The zero-order valence-corrected chi connectivity index (χ0v) is 18.1. The Morgan fingerprint density at radius 3 is 2.81 bits per heavy atom. The van der Waals surface area contributed by atoms with Gasteiger partial charge in [-0.2, -0.15) is 4.98 Å². The molecule has 9 heteroatoms. The summed E-state index contributed by atoms with van der Waals surface area (Å²) >= 11 is 1.37. The maximum absolute atomic E-state index is 12.8. The van der Waals surface area contributed by atoms with Crippen LogP contribution in [0.15, 0.2) is 59.9 Å². The second-order valence-electron chi connectivity index (χ2n) is 7.90. The number of nitro benzene ring substituents is 1. The minimum Gasteiger partial charge on any atom is -0.294 e. The van der Waals surface area contributed by atoms with Gasteiger partial charge in [0.1, 0.15) is 0 Å². The van der Waals surface area contributed by atoms with E-state index in [0.29, 0.717) is 35.1 Å². The Balaban J connectivity index is 1.38. The highest BCUT2D eigenvalue weighted by Crippen LogP contribution is 2.32. The molecule has 0 radical (unpaired) electrons. The largest absolute Gasteiger partial charge is 0.294 e. The molecule has 0 fully saturated rings. The predicted molar refractivity (Wildman–Crippen MR) is 120 cm³/mol. The van der Waals surface area contributed by atoms with Crippen LogP contribution < -0.4 is 0 Å². The Hall–Kier alpha value is -3.59. The van der Waals surface area contributed by atoms with E-state index >= 15 is 0 Å². The van der Waals surface area contributed by atoms with Crippen LogP contribution >= 0.6 is 11.8 Å². The number of ketones is 1. The molecule has 0 amide bonds. The lowest BCUT2D eigenvalue weighted by Gasteiger charge is -2.23. The van der Waals surface area contributed by atoms with Crippen molar-refractivity contribution < 1.29 is 9.72 Å². The third-order valence-corrected chi connectivity index (χ3v) is 6.47. The third-order valence-electron chi connectivity index (χ3n) is 5.57. The molecule has 32 heavy (non-hydrogen) atoms. The Morgan fingerprint density at radius 1 is 1.16 bits per heavy atom. The third kappa shape index (κ3) is 3.99. The van der Waals surface area contributed by atoms with E-state index in [1.54, 1.807) is 22.8 Å². The predicted octanol–water partition coefficient (Wildman–Crippen LogP) is 4.55. The molecule has 0 bridgehead atoms. The van der Waals surface area contributed by atoms with Crippen molar-refractivity contribution in [1.29, 1.82) is 0 Å². The number of aryl methyl sites for hydroxylation is 1. The molecule has 0 saturated carbocycles. The number of hydrogen-bond donors (Lipinski definition) is 0. The average molecular weight is 446 g/mol. The molecule has 5 rings (SSSR count). The molecule has 1 unspecified atom stereocenters. The Bertz CT molecular complexity index is 1370. The molecule has 8 nitrogen and oxygen atoms in total. The quantitative estimate of drug-likeness (QED) is 0.252. The number of nitrogens with zero attached hydrogens (tertiary/aromatic N) is 5. The van der Waals surface area contributed by atoms with Crippen LogP contribution in [-0.2, 0) is 12.2 Å². The molecule has 2 aromatic heterocycles. The van der Waals surface area contributed by atoms with Crippen LogP contribution in [0.4, 0.5) is 5.69 Å². The SMILES string of the molecule is Cc1cccc(C2CC(=O)c3cn4nc(SCc5cccc([N+](=O)[O-])c5)nc4nc3C2)c1. The molecule has 0 spiro atoms. The lowest BCUT2D eigenvalue weighted by atomic mass is 9.82. The standard InChI is InChI=1S/C23H19N5O3S/c1-14-4-2-6-16(8-14)17-10-20-19(21(29)11-17)12-27-22(24-20)25-23(26-27)32-13-15-5-3-7-18(9-15)28(30)31/h2-9,12,17H,10-11,13H2,1H3. The molecule has 2 aromatic carbocycles. The summed E-state index contributed by atoms with van der Waals surface area (Å²) in [5, 5.41) is 15.9. The fourth-order valence-corrected chi connectivity index (χ4v) is 4.76. The molecule has 160 valence electrons. The first-order valence-corrected chi connectivity index (χ1v) is 11.2. The van der Waals surface area contributed by atoms with Crippen molar-refractivity contribution in [2.24, 2.45) is 0 Å². The van der Waals surface area contributed by atoms with Gasteiger partial charge in [0.05, 0.1) is 16.2 Å². The molecular weight excluding hydrogens is 426 g/mol. The van der Waals surface area contributed by atoms with Gasteiger partial charge in [-0.15, -0.1) is 5.10 Å². The summed E-state index contributed by atoms with van der Waals surface area (Å²) in [6.07, 6.45) is 2.85. The number of carbonyl (C=O) groups excluding carboxylic acids is 1. The van der Waals surface area contributed by atoms with Crippen LogP contribution in [0.5, 0.6) is 0 Å². The number of thioether (sulfide) groups is 1. The summed E-state index contributed by atoms with van der Waals surface area (Å²) in [7, 11) is 0. The molecule has 1 aliphatic carbocycles. The van der Waals surface area contributed by atoms with Gasteiger partial charge in [-0.25, -0.2) is 9.50 Å². The van der Waals surface area contributed by atoms with E-state index in [1.165, 1.54) is 23.4 Å². The van der Waals surface area contributed by atoms with Crippen LogP contribution in [0.2, 0.25) is 0 Å². The summed E-state index contributed by atoms with van der Waals surface area (Å²) in [5.41, 5.74) is 4.55. The van der Waals surface area contributed by atoms with E-state index in [9.17, 15) is 14.9 Å². The number of hydrogen-bond acceptors (Lipinski definition) is 7. The van der Waals surface area contributed by atoms with E-state index in [-0.39, 0.29) is 17.4 Å². The summed E-state index contributed by atoms with van der Waals surface area (Å²) in [4.78, 5) is 32.5. The van der Waals surface area contributed by atoms with Crippen LogP contribution in [0, 0.1) is 17.0 Å². The number of rotatable bonds is 5. The lowest BCUT2D eigenvalue weighted by molar-refractivity contribution is -0.384. The van der Waals surface area contributed by atoms with Gasteiger partial charge in [0.25, 0.3) is 11.5 Å². The number of fused-ring (bicyclic) bond motifs is 2. The van der Waals surface area contributed by atoms with Gasteiger partial charge < -0.3 is 0 Å². The van der Waals surface area contributed by atoms with E-state index in [4.69, 9.17) is 0 Å². The van der Waals surface area contributed by atoms with Gasteiger partial charge in [0.2, 0.25) is 5.16 Å². The molecule has 0 saturated heterocycles. The first-order valence-electron chi connectivity index (χ1n) is 10.2. The molecule has 4 aromatic rings. The maximum atomic E-state index is 12.8. The Labute approximate surface area is 187 Å². The first-order chi connectivity index (χ1) is 15.5. The van der Waals surface area contributed by atoms with E-state index in [0.717, 1.165) is 16.8 Å². The fourth-order valence-electron chi connectivity index (χ4n) is 3.99. The summed E-state index contributed by atoms with van der Waals surface area (Å²) in [5.74, 6) is 1.11. The zero-order chi connectivity index (χ0) is 22.2. The lowest BCUT2D eigenvalue weighted by Crippen LogP contribution is -2.21. The van der Waals surface area contributed by atoms with E-state index in [1.807, 2.05) is 25.1 Å². The van der Waals surface area contributed by atoms with Crippen molar-refractivity contribution in [3.8, 4) is 0 Å². The van der Waals surface area contributed by atoms with Crippen molar-refractivity contribution >= 4 is 29.0 Å². The van der Waals surface area contributed by atoms with Gasteiger partial charge >= 0.3 is 0 Å². The number of carbonyl (C=O) groups is 1. The van der Waals surface area contributed by atoms with Crippen LogP contribution in [0.25, 0.3) is 5.78 Å². The molecule has 2 heterocycles. The fraction of sp³-hybridized carbons (Fsp3) is 0.217. The van der Waals surface area contributed by atoms with Crippen molar-refractivity contribution in [3.63, 3.8) is 0 Å². The molecule has 0 aliphatic heterocycles. The molecule has 0 N–H and O–H groups in total. The second kappa shape index (κ2) is 8.16. The van der Waals surface area contributed by atoms with E-state index in [2.05, 4.69) is 27.2 Å². The highest BCUT2D eigenvalue weighted by atomic mass is 32.2. The Morgan fingerprint density at radius 2 is 2.00 bits per heavy atom. The highest BCUT2D eigenvalue weighted by molar-refractivity contribution is 7.98. The zero-order valence-electron chi connectivity index (χ0n) is 17.3. The molecule has 1 atom stereocenters. The molecule has 1 aliphatic rings. The Kier molecular flexibility index (Phi) is 5.18. The monoisotopic (exact) mass is 445 g/mol. The van der Waals surface area contributed by atoms with Crippen molar-refractivity contribution in [3.05, 3.63) is 92.8 Å². The minimum atomic E-state index is -0.410. The smallest absolute Gasteiger partial charge is 0.269 e. The van der Waals surface area contributed by atoms with Gasteiger partial charge in [-0.3, -0.25) is 14.9 Å². The maximum Gasteiger partial charge on any atom is 0.269 e. The normalized spacial score (nSPS) is 15.7. The number of Topliss-reactive ketones (excluding diaryl/α,β-unsaturated/α-hetero) is 1. The number of non-ortho nitro benzene ring substituents is 1. The molecular formula is C23H19N5O3S. The van der Waals surface area contributed by atoms with Gasteiger partial charge in [0.15, 0.2) is 5.78 Å².